The van der Waals surface area contributed by atoms with E-state index in [4.69, 9.17) is 4.74 Å². The van der Waals surface area contributed by atoms with E-state index >= 15 is 0 Å². The van der Waals surface area contributed by atoms with E-state index in [1.165, 1.54) is 17.2 Å². The number of ether oxygens (including phenoxy) is 1. The fraction of sp³-hybridized carbons (Fsp3) is 0.312. The van der Waals surface area contributed by atoms with E-state index in [2.05, 4.69) is 20.3 Å². The molecular formula is C16H18BN5O6. The smallest absolute Gasteiger partial charge is 0.423 e. The molecule has 0 amide bonds. The van der Waals surface area contributed by atoms with Gasteiger partial charge in [0.05, 0.1) is 12.9 Å². The van der Waals surface area contributed by atoms with Gasteiger partial charge in [0.2, 0.25) is 0 Å². The molecule has 3 aromatic rings. The molecule has 1 fully saturated rings. The fourth-order valence-corrected chi connectivity index (χ4v) is 3.15. The zero-order valence-corrected chi connectivity index (χ0v) is 14.5. The lowest BCUT2D eigenvalue weighted by Crippen LogP contribution is -2.33. The van der Waals surface area contributed by atoms with Crippen LogP contribution in [0.25, 0.3) is 11.2 Å². The molecule has 2 aromatic heterocycles. The van der Waals surface area contributed by atoms with Crippen molar-refractivity contribution < 1.29 is 30.1 Å². The van der Waals surface area contributed by atoms with Crippen molar-refractivity contribution >= 4 is 35.3 Å². The van der Waals surface area contributed by atoms with Crippen molar-refractivity contribution in [1.82, 2.24) is 19.5 Å². The maximum Gasteiger partial charge on any atom is 0.488 e. The first-order chi connectivity index (χ1) is 13.5. The van der Waals surface area contributed by atoms with Gasteiger partial charge in [-0.25, -0.2) is 15.0 Å². The van der Waals surface area contributed by atoms with Gasteiger partial charge < -0.3 is 35.4 Å². The van der Waals surface area contributed by atoms with Crippen molar-refractivity contribution in [3.05, 3.63) is 36.9 Å². The lowest BCUT2D eigenvalue weighted by Gasteiger charge is -2.16. The minimum Gasteiger partial charge on any atom is -0.423 e. The minimum atomic E-state index is -1.60. The molecule has 1 saturated heterocycles. The number of rotatable bonds is 5. The van der Waals surface area contributed by atoms with E-state index in [1.54, 1.807) is 24.3 Å². The highest BCUT2D eigenvalue weighted by atomic mass is 16.6. The van der Waals surface area contributed by atoms with E-state index in [1.807, 2.05) is 0 Å². The number of hydrogen-bond donors (Lipinski definition) is 6. The average molecular weight is 387 g/mol. The number of nitrogens with zero attached hydrogens (tertiary/aromatic N) is 4. The van der Waals surface area contributed by atoms with Crippen LogP contribution in [0.15, 0.2) is 36.9 Å². The Kier molecular flexibility index (Phi) is 4.97. The zero-order chi connectivity index (χ0) is 19.8. The number of fused-ring (bicyclic) bond motifs is 1. The predicted octanol–water partition coefficient (Wildman–Crippen LogP) is -2.14. The monoisotopic (exact) mass is 387 g/mol. The van der Waals surface area contributed by atoms with Gasteiger partial charge in [-0.05, 0) is 17.6 Å². The summed E-state index contributed by atoms with van der Waals surface area (Å²) in [4.78, 5) is 12.6. The van der Waals surface area contributed by atoms with Crippen LogP contribution in [0.5, 0.6) is 0 Å². The first kappa shape index (κ1) is 18.7. The second-order valence-electron chi connectivity index (χ2n) is 6.40. The SMILES string of the molecule is OCC1OC(n2cnc3c(Nc4cccc(B(O)O)c4)ncnc32)C(O)C1O. The number of benzene rings is 1. The second-order valence-corrected chi connectivity index (χ2v) is 6.40. The van der Waals surface area contributed by atoms with Gasteiger partial charge in [-0.2, -0.15) is 0 Å². The Morgan fingerprint density at radius 3 is 2.68 bits per heavy atom. The summed E-state index contributed by atoms with van der Waals surface area (Å²) in [5.74, 6) is 0.361. The molecule has 146 valence electrons. The summed E-state index contributed by atoms with van der Waals surface area (Å²) in [7, 11) is -1.60. The number of imidazole rings is 1. The Bertz CT molecular complexity index is 985. The summed E-state index contributed by atoms with van der Waals surface area (Å²) in [6.07, 6.45) is -1.67. The van der Waals surface area contributed by atoms with Gasteiger partial charge in [0, 0.05) is 5.69 Å². The van der Waals surface area contributed by atoms with Crippen molar-refractivity contribution in [2.24, 2.45) is 0 Å². The van der Waals surface area contributed by atoms with Crippen molar-refractivity contribution in [3.63, 3.8) is 0 Å². The molecule has 4 unspecified atom stereocenters. The zero-order valence-electron chi connectivity index (χ0n) is 14.5. The maximum absolute atomic E-state index is 10.2. The Balaban J connectivity index is 1.67. The third-order valence-electron chi connectivity index (χ3n) is 4.60. The number of anilines is 2. The van der Waals surface area contributed by atoms with Crippen LogP contribution in [0.1, 0.15) is 6.23 Å². The van der Waals surface area contributed by atoms with Gasteiger partial charge >= 0.3 is 7.12 Å². The molecule has 0 bridgehead atoms. The van der Waals surface area contributed by atoms with Crippen LogP contribution in [-0.2, 0) is 4.74 Å². The summed E-state index contributed by atoms with van der Waals surface area (Å²) in [6, 6.07) is 6.51. The summed E-state index contributed by atoms with van der Waals surface area (Å²) in [5, 5.41) is 51.1. The van der Waals surface area contributed by atoms with Crippen LogP contribution in [0.2, 0.25) is 0 Å². The Labute approximate surface area is 159 Å². The van der Waals surface area contributed by atoms with Crippen LogP contribution in [0, 0.1) is 0 Å². The summed E-state index contributed by atoms with van der Waals surface area (Å²) < 4.78 is 6.98. The fourth-order valence-electron chi connectivity index (χ4n) is 3.15. The molecule has 1 aliphatic heterocycles. The number of hydrogen-bond acceptors (Lipinski definition) is 10. The van der Waals surface area contributed by atoms with E-state index in [-0.39, 0.29) is 0 Å². The Morgan fingerprint density at radius 1 is 1.14 bits per heavy atom. The highest BCUT2D eigenvalue weighted by Crippen LogP contribution is 2.32. The molecule has 4 rings (SSSR count). The van der Waals surface area contributed by atoms with E-state index in [0.717, 1.165) is 0 Å². The van der Waals surface area contributed by atoms with Gasteiger partial charge in [0.1, 0.15) is 24.6 Å². The van der Waals surface area contributed by atoms with E-state index in [0.29, 0.717) is 28.1 Å². The molecule has 6 N–H and O–H groups in total. The lowest BCUT2D eigenvalue weighted by molar-refractivity contribution is -0.0511. The third kappa shape index (κ3) is 3.22. The summed E-state index contributed by atoms with van der Waals surface area (Å²) in [5.41, 5.74) is 1.61. The Hall–Kier alpha value is -2.61. The molecule has 11 nitrogen and oxygen atoms in total. The molecule has 0 radical (unpaired) electrons. The molecule has 0 saturated carbocycles. The third-order valence-corrected chi connectivity index (χ3v) is 4.60. The normalized spacial score (nSPS) is 24.6. The highest BCUT2D eigenvalue weighted by molar-refractivity contribution is 6.58. The molecule has 1 aromatic carbocycles. The predicted molar refractivity (Wildman–Crippen MR) is 97.9 cm³/mol. The number of aliphatic hydroxyl groups excluding tert-OH is 3. The topological polar surface area (TPSA) is 166 Å². The van der Waals surface area contributed by atoms with Crippen LogP contribution < -0.4 is 10.8 Å². The van der Waals surface area contributed by atoms with E-state index in [9.17, 15) is 25.4 Å². The standard InChI is InChI=1S/C16H18BN5O6/c23-5-10-12(24)13(25)16(28-10)22-7-20-11-14(18-6-19-15(11)22)21-9-3-1-2-8(4-9)17(26)27/h1-4,6-7,10,12-13,16,23-27H,5H2,(H,18,19,21). The summed E-state index contributed by atoms with van der Waals surface area (Å²) in [6.45, 7) is -0.434. The average Bonchev–Trinajstić information content (AvgIpc) is 3.24. The van der Waals surface area contributed by atoms with Gasteiger partial charge in [0.15, 0.2) is 23.2 Å². The van der Waals surface area contributed by atoms with Gasteiger partial charge in [-0.1, -0.05) is 12.1 Å². The molecule has 28 heavy (non-hydrogen) atoms. The van der Waals surface area contributed by atoms with Crippen molar-refractivity contribution in [2.75, 3.05) is 11.9 Å². The molecule has 1 aliphatic rings. The van der Waals surface area contributed by atoms with Gasteiger partial charge in [-0.3, -0.25) is 4.57 Å². The van der Waals surface area contributed by atoms with E-state index < -0.39 is 38.3 Å². The second kappa shape index (κ2) is 7.43. The van der Waals surface area contributed by atoms with Crippen molar-refractivity contribution in [1.29, 1.82) is 0 Å². The molecule has 3 heterocycles. The number of aromatic nitrogens is 4. The minimum absolute atomic E-state index is 0.312. The molecule has 12 heteroatoms. The lowest BCUT2D eigenvalue weighted by atomic mass is 9.80. The highest BCUT2D eigenvalue weighted by Gasteiger charge is 2.44. The molecular weight excluding hydrogens is 369 g/mol. The van der Waals surface area contributed by atoms with Gasteiger partial charge in [-0.15, -0.1) is 0 Å². The number of aliphatic hydroxyl groups is 3. The molecule has 0 aliphatic carbocycles. The van der Waals surface area contributed by atoms with Crippen molar-refractivity contribution in [3.8, 4) is 0 Å². The summed E-state index contributed by atoms with van der Waals surface area (Å²) >= 11 is 0. The van der Waals surface area contributed by atoms with Crippen LogP contribution in [-0.4, -0.2) is 76.9 Å². The Morgan fingerprint density at radius 2 is 1.96 bits per heavy atom. The molecule has 0 spiro atoms. The number of nitrogens with one attached hydrogen (secondary N) is 1. The van der Waals surface area contributed by atoms with Crippen LogP contribution in [0.3, 0.4) is 0 Å². The van der Waals surface area contributed by atoms with Gasteiger partial charge in [0.25, 0.3) is 0 Å². The largest absolute Gasteiger partial charge is 0.488 e. The molecule has 4 atom stereocenters. The first-order valence-electron chi connectivity index (χ1n) is 8.52. The van der Waals surface area contributed by atoms with Crippen LogP contribution in [0.4, 0.5) is 11.5 Å². The van der Waals surface area contributed by atoms with Crippen LogP contribution >= 0.6 is 0 Å². The first-order valence-corrected chi connectivity index (χ1v) is 8.52. The quantitative estimate of drug-likeness (QED) is 0.266. The van der Waals surface area contributed by atoms with Crippen molar-refractivity contribution in [2.45, 2.75) is 24.5 Å². The maximum atomic E-state index is 10.2.